The minimum atomic E-state index is -0.406. The molecular weight excluding hydrogens is 398 g/mol. The van der Waals surface area contributed by atoms with Crippen LogP contribution in [0.1, 0.15) is 47.6 Å². The summed E-state index contributed by atoms with van der Waals surface area (Å²) in [7, 11) is 0. The molecule has 2 fully saturated rings. The molecule has 0 aliphatic carbocycles. The van der Waals surface area contributed by atoms with Crippen LogP contribution in [0.15, 0.2) is 54.6 Å². The molecule has 2 atom stereocenters. The lowest BCUT2D eigenvalue weighted by Gasteiger charge is -2.30. The van der Waals surface area contributed by atoms with E-state index in [1.54, 1.807) is 17.0 Å². The molecule has 2 heterocycles. The van der Waals surface area contributed by atoms with Crippen molar-refractivity contribution in [1.82, 2.24) is 15.1 Å². The summed E-state index contributed by atoms with van der Waals surface area (Å²) in [5, 5.41) is 3.85. The van der Waals surface area contributed by atoms with Crippen molar-refractivity contribution in [2.24, 2.45) is 0 Å². The zero-order valence-corrected chi connectivity index (χ0v) is 17.9. The van der Waals surface area contributed by atoms with Gasteiger partial charge in [0.25, 0.3) is 5.91 Å². The Morgan fingerprint density at radius 3 is 2.50 bits per heavy atom. The van der Waals surface area contributed by atoms with E-state index in [1.807, 2.05) is 36.4 Å². The smallest absolute Gasteiger partial charge is 0.254 e. The van der Waals surface area contributed by atoms with Crippen LogP contribution in [0.2, 0.25) is 5.02 Å². The van der Waals surface area contributed by atoms with Gasteiger partial charge >= 0.3 is 0 Å². The summed E-state index contributed by atoms with van der Waals surface area (Å²) in [6.45, 7) is 3.18. The van der Waals surface area contributed by atoms with Gasteiger partial charge in [-0.3, -0.25) is 14.5 Å². The second-order valence-corrected chi connectivity index (χ2v) is 8.52. The van der Waals surface area contributed by atoms with Crippen LogP contribution < -0.4 is 5.32 Å². The van der Waals surface area contributed by atoms with E-state index in [0.717, 1.165) is 25.1 Å². The molecule has 30 heavy (non-hydrogen) atoms. The molecule has 158 valence electrons. The molecule has 4 rings (SSSR count). The fourth-order valence-electron chi connectivity index (χ4n) is 4.57. The Kier molecular flexibility index (Phi) is 6.70. The normalized spacial score (nSPS) is 20.3. The third kappa shape index (κ3) is 4.68. The van der Waals surface area contributed by atoms with Gasteiger partial charge in [-0.15, -0.1) is 0 Å². The predicted molar refractivity (Wildman–Crippen MR) is 119 cm³/mol. The van der Waals surface area contributed by atoms with Crippen molar-refractivity contribution in [3.8, 4) is 0 Å². The maximum Gasteiger partial charge on any atom is 0.254 e. The maximum atomic E-state index is 13.1. The second kappa shape index (κ2) is 9.63. The van der Waals surface area contributed by atoms with Crippen LogP contribution >= 0.6 is 11.6 Å². The molecule has 2 saturated heterocycles. The molecule has 0 radical (unpaired) electrons. The summed E-state index contributed by atoms with van der Waals surface area (Å²) in [5.41, 5.74) is 1.75. The quantitative estimate of drug-likeness (QED) is 0.763. The Morgan fingerprint density at radius 1 is 1.00 bits per heavy atom. The Bertz CT molecular complexity index is 883. The summed E-state index contributed by atoms with van der Waals surface area (Å²) in [4.78, 5) is 30.1. The zero-order chi connectivity index (χ0) is 20.9. The first-order chi connectivity index (χ1) is 14.6. The van der Waals surface area contributed by atoms with Gasteiger partial charge in [0.1, 0.15) is 6.04 Å². The molecule has 6 heteroatoms. The molecule has 2 aromatic rings. The topological polar surface area (TPSA) is 52.7 Å². The number of likely N-dealkylation sites (tertiary alicyclic amines) is 2. The van der Waals surface area contributed by atoms with E-state index in [0.29, 0.717) is 30.1 Å². The SMILES string of the molecule is O=C(NCC(c1cccc(Cl)c1)N1CCCC1)C1CCCN1C(=O)c1ccccc1. The fourth-order valence-corrected chi connectivity index (χ4v) is 4.77. The van der Waals surface area contributed by atoms with Gasteiger partial charge in [-0.2, -0.15) is 0 Å². The molecule has 0 saturated carbocycles. The van der Waals surface area contributed by atoms with Gasteiger partial charge in [0.2, 0.25) is 5.91 Å². The predicted octanol–water partition coefficient (Wildman–Crippen LogP) is 3.90. The van der Waals surface area contributed by atoms with Gasteiger partial charge in [0, 0.05) is 23.7 Å². The summed E-state index contributed by atoms with van der Waals surface area (Å²) in [6, 6.07) is 16.8. The van der Waals surface area contributed by atoms with Crippen LogP contribution in [0.4, 0.5) is 0 Å². The van der Waals surface area contributed by atoms with Crippen molar-refractivity contribution in [3.63, 3.8) is 0 Å². The average Bonchev–Trinajstić information content (AvgIpc) is 3.46. The highest BCUT2D eigenvalue weighted by Crippen LogP contribution is 2.27. The number of nitrogens with one attached hydrogen (secondary N) is 1. The number of amides is 2. The number of rotatable bonds is 6. The van der Waals surface area contributed by atoms with Crippen LogP contribution in [-0.2, 0) is 4.79 Å². The van der Waals surface area contributed by atoms with Gasteiger partial charge in [0.05, 0.1) is 6.04 Å². The van der Waals surface area contributed by atoms with Crippen molar-refractivity contribution in [3.05, 3.63) is 70.7 Å². The third-order valence-electron chi connectivity index (χ3n) is 6.12. The van der Waals surface area contributed by atoms with Crippen LogP contribution in [0, 0.1) is 0 Å². The molecule has 2 aliphatic rings. The average molecular weight is 426 g/mol. The number of hydrogen-bond donors (Lipinski definition) is 1. The Labute approximate surface area is 183 Å². The number of nitrogens with zero attached hydrogens (tertiary/aromatic N) is 2. The van der Waals surface area contributed by atoms with Crippen molar-refractivity contribution >= 4 is 23.4 Å². The molecule has 2 amide bonds. The lowest BCUT2D eigenvalue weighted by Crippen LogP contribution is -2.48. The highest BCUT2D eigenvalue weighted by Gasteiger charge is 2.35. The first-order valence-corrected chi connectivity index (χ1v) is 11.1. The minimum absolute atomic E-state index is 0.0667. The standard InChI is InChI=1S/C24H28ClN3O2/c25-20-11-6-10-19(16-20)22(27-13-4-5-14-27)17-26-23(29)21-12-7-15-28(21)24(30)18-8-2-1-3-9-18/h1-3,6,8-11,16,21-22H,4-5,7,12-15,17H2,(H,26,29). The number of hydrogen-bond acceptors (Lipinski definition) is 3. The lowest BCUT2D eigenvalue weighted by atomic mass is 10.0. The zero-order valence-electron chi connectivity index (χ0n) is 17.1. The molecular formula is C24H28ClN3O2. The second-order valence-electron chi connectivity index (χ2n) is 8.08. The van der Waals surface area contributed by atoms with Gasteiger partial charge in [0.15, 0.2) is 0 Å². The summed E-state index contributed by atoms with van der Waals surface area (Å²) >= 11 is 6.22. The van der Waals surface area contributed by atoms with E-state index in [9.17, 15) is 9.59 Å². The van der Waals surface area contributed by atoms with Crippen molar-refractivity contribution in [2.75, 3.05) is 26.2 Å². The summed E-state index contributed by atoms with van der Waals surface area (Å²) < 4.78 is 0. The summed E-state index contributed by atoms with van der Waals surface area (Å²) in [6.07, 6.45) is 3.90. The third-order valence-corrected chi connectivity index (χ3v) is 6.36. The van der Waals surface area contributed by atoms with E-state index in [-0.39, 0.29) is 17.9 Å². The van der Waals surface area contributed by atoms with Crippen LogP contribution in [0.3, 0.4) is 0 Å². The molecule has 5 nitrogen and oxygen atoms in total. The molecule has 0 bridgehead atoms. The summed E-state index contributed by atoms with van der Waals surface area (Å²) in [5.74, 6) is -0.137. The van der Waals surface area contributed by atoms with E-state index in [2.05, 4.69) is 16.3 Å². The van der Waals surface area contributed by atoms with Crippen LogP contribution in [-0.4, -0.2) is 53.8 Å². The Hall–Kier alpha value is -2.37. The van der Waals surface area contributed by atoms with E-state index in [4.69, 9.17) is 11.6 Å². The van der Waals surface area contributed by atoms with E-state index < -0.39 is 6.04 Å². The molecule has 1 N–H and O–H groups in total. The first kappa shape index (κ1) is 20.9. The van der Waals surface area contributed by atoms with Gasteiger partial charge in [-0.1, -0.05) is 41.9 Å². The van der Waals surface area contributed by atoms with Gasteiger partial charge in [-0.25, -0.2) is 0 Å². The highest BCUT2D eigenvalue weighted by molar-refractivity contribution is 6.30. The Balaban J connectivity index is 1.44. The number of halogens is 1. The maximum absolute atomic E-state index is 13.1. The van der Waals surface area contributed by atoms with Crippen molar-refractivity contribution in [2.45, 2.75) is 37.8 Å². The van der Waals surface area contributed by atoms with Crippen molar-refractivity contribution in [1.29, 1.82) is 0 Å². The van der Waals surface area contributed by atoms with E-state index in [1.165, 1.54) is 12.8 Å². The number of carbonyl (C=O) groups excluding carboxylic acids is 2. The molecule has 2 unspecified atom stereocenters. The van der Waals surface area contributed by atoms with Gasteiger partial charge < -0.3 is 10.2 Å². The number of carbonyl (C=O) groups is 2. The Morgan fingerprint density at radius 2 is 1.77 bits per heavy atom. The largest absolute Gasteiger partial charge is 0.352 e. The molecule has 0 aromatic heterocycles. The van der Waals surface area contributed by atoms with Crippen LogP contribution in [0.5, 0.6) is 0 Å². The van der Waals surface area contributed by atoms with E-state index >= 15 is 0 Å². The first-order valence-electron chi connectivity index (χ1n) is 10.8. The minimum Gasteiger partial charge on any atom is -0.352 e. The molecule has 0 spiro atoms. The monoisotopic (exact) mass is 425 g/mol. The number of benzene rings is 2. The lowest BCUT2D eigenvalue weighted by molar-refractivity contribution is -0.125. The molecule has 2 aliphatic heterocycles. The molecule has 2 aromatic carbocycles. The van der Waals surface area contributed by atoms with Crippen molar-refractivity contribution < 1.29 is 9.59 Å². The highest BCUT2D eigenvalue weighted by atomic mass is 35.5. The fraction of sp³-hybridized carbons (Fsp3) is 0.417. The van der Waals surface area contributed by atoms with Crippen LogP contribution in [0.25, 0.3) is 0 Å². The van der Waals surface area contributed by atoms with Gasteiger partial charge in [-0.05, 0) is 68.6 Å².